The zero-order valence-electron chi connectivity index (χ0n) is 14.3. The van der Waals surface area contributed by atoms with Gasteiger partial charge in [-0.3, -0.25) is 0 Å². The summed E-state index contributed by atoms with van der Waals surface area (Å²) in [7, 11) is 0. The Kier molecular flexibility index (Phi) is 6.09. The molecule has 0 bridgehead atoms. The van der Waals surface area contributed by atoms with Gasteiger partial charge in [0.2, 0.25) is 0 Å². The lowest BCUT2D eigenvalue weighted by atomic mass is 10.2. The molecule has 2 aromatic carbocycles. The monoisotopic (exact) mass is 357 g/mol. The molecule has 0 saturated carbocycles. The molecule has 3 rings (SSSR count). The molecule has 1 saturated heterocycles. The number of benzene rings is 2. The summed E-state index contributed by atoms with van der Waals surface area (Å²) in [5.74, 6) is 0.852. The molecule has 2 N–H and O–H groups in total. The molecule has 0 spiro atoms. The molecule has 0 aromatic heterocycles. The van der Waals surface area contributed by atoms with Crippen LogP contribution in [0.25, 0.3) is 0 Å². The third kappa shape index (κ3) is 5.08. The van der Waals surface area contributed by atoms with Crippen LogP contribution in [0.2, 0.25) is 0 Å². The first kappa shape index (κ1) is 17.5. The molecule has 2 aromatic rings. The third-order valence-electron chi connectivity index (χ3n) is 3.92. The summed E-state index contributed by atoms with van der Waals surface area (Å²) < 4.78 is 10.8. The van der Waals surface area contributed by atoms with E-state index in [0.717, 1.165) is 43.4 Å². The van der Waals surface area contributed by atoms with E-state index in [9.17, 15) is 0 Å². The highest BCUT2D eigenvalue weighted by Gasteiger charge is 2.10. The molecular weight excluding hydrogens is 334 g/mol. The van der Waals surface area contributed by atoms with Crippen molar-refractivity contribution >= 4 is 34.4 Å². The molecular formula is C19H23N3O2S. The molecule has 1 fully saturated rings. The minimum atomic E-state index is 0.559. The zero-order chi connectivity index (χ0) is 17.5. The van der Waals surface area contributed by atoms with Gasteiger partial charge in [0.1, 0.15) is 5.75 Å². The van der Waals surface area contributed by atoms with Gasteiger partial charge in [0, 0.05) is 30.2 Å². The number of morpholine rings is 1. The lowest BCUT2D eigenvalue weighted by molar-refractivity contribution is 0.122. The fourth-order valence-corrected chi connectivity index (χ4v) is 2.91. The van der Waals surface area contributed by atoms with E-state index in [1.54, 1.807) is 0 Å². The van der Waals surface area contributed by atoms with Crippen LogP contribution >= 0.6 is 12.2 Å². The van der Waals surface area contributed by atoms with Gasteiger partial charge in [-0.05, 0) is 67.7 Å². The number of thiocarbonyl (C=S) groups is 1. The molecule has 0 unspecified atom stereocenters. The fraction of sp³-hybridized carbons (Fsp3) is 0.316. The number of rotatable bonds is 5. The highest BCUT2D eigenvalue weighted by molar-refractivity contribution is 7.80. The largest absolute Gasteiger partial charge is 0.494 e. The Morgan fingerprint density at radius 3 is 2.12 bits per heavy atom. The molecule has 0 aliphatic carbocycles. The quantitative estimate of drug-likeness (QED) is 0.795. The Labute approximate surface area is 153 Å². The van der Waals surface area contributed by atoms with Crippen LogP contribution in [0.4, 0.5) is 17.1 Å². The van der Waals surface area contributed by atoms with Crippen LogP contribution < -0.4 is 20.3 Å². The first-order chi connectivity index (χ1) is 12.2. The second-order valence-electron chi connectivity index (χ2n) is 5.68. The number of ether oxygens (including phenoxy) is 2. The lowest BCUT2D eigenvalue weighted by Crippen LogP contribution is -2.36. The van der Waals surface area contributed by atoms with Crippen molar-refractivity contribution in [1.29, 1.82) is 0 Å². The topological polar surface area (TPSA) is 45.8 Å². The second-order valence-corrected chi connectivity index (χ2v) is 6.09. The predicted molar refractivity (Wildman–Crippen MR) is 107 cm³/mol. The Morgan fingerprint density at radius 2 is 1.56 bits per heavy atom. The normalized spacial score (nSPS) is 14.0. The number of anilines is 3. The molecule has 5 nitrogen and oxygen atoms in total. The highest BCUT2D eigenvalue weighted by Crippen LogP contribution is 2.20. The van der Waals surface area contributed by atoms with Crippen molar-refractivity contribution < 1.29 is 9.47 Å². The molecule has 1 heterocycles. The van der Waals surface area contributed by atoms with E-state index >= 15 is 0 Å². The van der Waals surface area contributed by atoms with E-state index < -0.39 is 0 Å². The summed E-state index contributed by atoms with van der Waals surface area (Å²) in [6.45, 7) is 6.07. The van der Waals surface area contributed by atoms with E-state index in [1.165, 1.54) is 5.69 Å². The molecule has 6 heteroatoms. The van der Waals surface area contributed by atoms with Crippen molar-refractivity contribution in [2.24, 2.45) is 0 Å². The van der Waals surface area contributed by atoms with Crippen LogP contribution in [0, 0.1) is 0 Å². The van der Waals surface area contributed by atoms with Gasteiger partial charge in [-0.1, -0.05) is 0 Å². The van der Waals surface area contributed by atoms with Gasteiger partial charge in [-0.15, -0.1) is 0 Å². The standard InChI is InChI=1S/C19H23N3O2S/c1-2-24-18-9-5-16(6-10-18)21-19(25)20-15-3-7-17(8-4-15)22-11-13-23-14-12-22/h3-10H,2,11-14H2,1H3,(H2,20,21,25). The first-order valence-electron chi connectivity index (χ1n) is 8.48. The summed E-state index contributed by atoms with van der Waals surface area (Å²) in [6.07, 6.45) is 0. The van der Waals surface area contributed by atoms with Crippen molar-refractivity contribution in [1.82, 2.24) is 0 Å². The van der Waals surface area contributed by atoms with Crippen LogP contribution in [0.3, 0.4) is 0 Å². The maximum absolute atomic E-state index is 5.43. The summed E-state index contributed by atoms with van der Waals surface area (Å²) in [5.41, 5.74) is 3.09. The Morgan fingerprint density at radius 1 is 1.00 bits per heavy atom. The number of nitrogens with zero attached hydrogens (tertiary/aromatic N) is 1. The first-order valence-corrected chi connectivity index (χ1v) is 8.89. The van der Waals surface area contributed by atoms with E-state index in [2.05, 4.69) is 27.7 Å². The van der Waals surface area contributed by atoms with Gasteiger partial charge in [0.15, 0.2) is 5.11 Å². The van der Waals surface area contributed by atoms with Crippen molar-refractivity contribution in [2.75, 3.05) is 48.4 Å². The number of hydrogen-bond acceptors (Lipinski definition) is 4. The summed E-state index contributed by atoms with van der Waals surface area (Å²) in [4.78, 5) is 2.32. The maximum atomic E-state index is 5.43. The third-order valence-corrected chi connectivity index (χ3v) is 4.13. The van der Waals surface area contributed by atoms with Gasteiger partial charge in [0.05, 0.1) is 19.8 Å². The maximum Gasteiger partial charge on any atom is 0.175 e. The predicted octanol–water partition coefficient (Wildman–Crippen LogP) is 3.73. The number of nitrogens with one attached hydrogen (secondary N) is 2. The minimum Gasteiger partial charge on any atom is -0.494 e. The smallest absolute Gasteiger partial charge is 0.175 e. The molecule has 132 valence electrons. The Balaban J connectivity index is 1.53. The van der Waals surface area contributed by atoms with Crippen LogP contribution in [-0.2, 0) is 4.74 Å². The molecule has 1 aliphatic heterocycles. The van der Waals surface area contributed by atoms with Crippen molar-refractivity contribution in [2.45, 2.75) is 6.92 Å². The minimum absolute atomic E-state index is 0.559. The highest BCUT2D eigenvalue weighted by atomic mass is 32.1. The number of hydrogen-bond donors (Lipinski definition) is 2. The van der Waals surface area contributed by atoms with Crippen LogP contribution in [0.5, 0.6) is 5.75 Å². The Hall–Kier alpha value is -2.31. The Bertz CT molecular complexity index is 683. The van der Waals surface area contributed by atoms with Crippen LogP contribution in [-0.4, -0.2) is 38.0 Å². The van der Waals surface area contributed by atoms with Gasteiger partial charge >= 0.3 is 0 Å². The molecule has 1 aliphatic rings. The van der Waals surface area contributed by atoms with Crippen LogP contribution in [0.1, 0.15) is 6.92 Å². The molecule has 25 heavy (non-hydrogen) atoms. The summed E-state index contributed by atoms with van der Waals surface area (Å²) >= 11 is 5.38. The van der Waals surface area contributed by atoms with Gasteiger partial charge in [0.25, 0.3) is 0 Å². The van der Waals surface area contributed by atoms with Gasteiger partial charge < -0.3 is 25.0 Å². The van der Waals surface area contributed by atoms with Crippen LogP contribution in [0.15, 0.2) is 48.5 Å². The van der Waals surface area contributed by atoms with Crippen molar-refractivity contribution in [3.8, 4) is 5.75 Å². The second kappa shape index (κ2) is 8.69. The van der Waals surface area contributed by atoms with E-state index in [0.29, 0.717) is 11.7 Å². The molecule has 0 radical (unpaired) electrons. The average Bonchev–Trinajstić information content (AvgIpc) is 2.65. The summed E-state index contributed by atoms with van der Waals surface area (Å²) in [6, 6.07) is 16.0. The lowest BCUT2D eigenvalue weighted by Gasteiger charge is -2.29. The van der Waals surface area contributed by atoms with E-state index in [1.807, 2.05) is 43.3 Å². The van der Waals surface area contributed by atoms with Crippen molar-refractivity contribution in [3.05, 3.63) is 48.5 Å². The summed E-state index contributed by atoms with van der Waals surface area (Å²) in [5, 5.41) is 6.94. The average molecular weight is 357 g/mol. The van der Waals surface area contributed by atoms with Gasteiger partial charge in [-0.2, -0.15) is 0 Å². The van der Waals surface area contributed by atoms with Crippen molar-refractivity contribution in [3.63, 3.8) is 0 Å². The fourth-order valence-electron chi connectivity index (χ4n) is 2.67. The van der Waals surface area contributed by atoms with E-state index in [-0.39, 0.29) is 0 Å². The zero-order valence-corrected chi connectivity index (χ0v) is 15.1. The molecule has 0 atom stereocenters. The van der Waals surface area contributed by atoms with E-state index in [4.69, 9.17) is 21.7 Å². The van der Waals surface area contributed by atoms with Gasteiger partial charge in [-0.25, -0.2) is 0 Å². The SMILES string of the molecule is CCOc1ccc(NC(=S)Nc2ccc(N3CCOCC3)cc2)cc1. The molecule has 0 amide bonds.